The lowest BCUT2D eigenvalue weighted by Crippen LogP contribution is -2.28. The monoisotopic (exact) mass is 222 g/mol. The van der Waals surface area contributed by atoms with Crippen LogP contribution in [-0.2, 0) is 6.54 Å². The van der Waals surface area contributed by atoms with E-state index in [0.717, 1.165) is 19.5 Å². The van der Waals surface area contributed by atoms with Crippen molar-refractivity contribution in [3.63, 3.8) is 0 Å². The highest BCUT2D eigenvalue weighted by atomic mass is 16.3. The van der Waals surface area contributed by atoms with E-state index in [-0.39, 0.29) is 6.61 Å². The standard InChI is InChI=1S/C13H22N2O/c1-3-8-15(9-10-16)13-7-5-4-6-12(13)11-14-2/h4-7,14,16H,3,8-11H2,1-2H3. The third-order valence-corrected chi connectivity index (χ3v) is 2.56. The van der Waals surface area contributed by atoms with E-state index in [4.69, 9.17) is 5.11 Å². The Kier molecular flexibility index (Phi) is 5.90. The Labute approximate surface area is 98.1 Å². The minimum Gasteiger partial charge on any atom is -0.395 e. The van der Waals surface area contributed by atoms with Gasteiger partial charge in [-0.05, 0) is 25.1 Å². The zero-order valence-electron chi connectivity index (χ0n) is 10.2. The van der Waals surface area contributed by atoms with Crippen LogP contribution in [0.5, 0.6) is 0 Å². The molecule has 0 aliphatic rings. The average Bonchev–Trinajstić information content (AvgIpc) is 2.30. The summed E-state index contributed by atoms with van der Waals surface area (Å²) in [4.78, 5) is 2.24. The topological polar surface area (TPSA) is 35.5 Å². The molecule has 0 aliphatic heterocycles. The molecule has 16 heavy (non-hydrogen) atoms. The van der Waals surface area contributed by atoms with Gasteiger partial charge in [0.15, 0.2) is 0 Å². The van der Waals surface area contributed by atoms with Gasteiger partial charge in [0.2, 0.25) is 0 Å². The summed E-state index contributed by atoms with van der Waals surface area (Å²) in [6, 6.07) is 8.36. The summed E-state index contributed by atoms with van der Waals surface area (Å²) in [6.07, 6.45) is 1.09. The van der Waals surface area contributed by atoms with Gasteiger partial charge < -0.3 is 15.3 Å². The van der Waals surface area contributed by atoms with Crippen molar-refractivity contribution in [1.29, 1.82) is 0 Å². The van der Waals surface area contributed by atoms with Crippen LogP contribution in [0.15, 0.2) is 24.3 Å². The van der Waals surface area contributed by atoms with Crippen molar-refractivity contribution < 1.29 is 5.11 Å². The number of rotatable bonds is 7. The molecule has 0 aromatic heterocycles. The predicted molar refractivity (Wildman–Crippen MR) is 68.8 cm³/mol. The summed E-state index contributed by atoms with van der Waals surface area (Å²) >= 11 is 0. The van der Waals surface area contributed by atoms with Crippen LogP contribution < -0.4 is 10.2 Å². The van der Waals surface area contributed by atoms with Gasteiger partial charge in [-0.15, -0.1) is 0 Å². The first kappa shape index (κ1) is 13.0. The van der Waals surface area contributed by atoms with E-state index >= 15 is 0 Å². The molecule has 1 aromatic rings. The zero-order chi connectivity index (χ0) is 11.8. The van der Waals surface area contributed by atoms with Gasteiger partial charge >= 0.3 is 0 Å². The molecule has 0 unspecified atom stereocenters. The van der Waals surface area contributed by atoms with E-state index in [1.165, 1.54) is 11.3 Å². The number of aliphatic hydroxyl groups excluding tert-OH is 1. The minimum atomic E-state index is 0.202. The van der Waals surface area contributed by atoms with Crippen LogP contribution in [0.3, 0.4) is 0 Å². The largest absolute Gasteiger partial charge is 0.395 e. The second kappa shape index (κ2) is 7.25. The molecular weight excluding hydrogens is 200 g/mol. The summed E-state index contributed by atoms with van der Waals surface area (Å²) in [5, 5.41) is 12.3. The van der Waals surface area contributed by atoms with E-state index in [1.54, 1.807) is 0 Å². The molecule has 0 saturated heterocycles. The fourth-order valence-corrected chi connectivity index (χ4v) is 1.90. The van der Waals surface area contributed by atoms with E-state index < -0.39 is 0 Å². The first-order valence-corrected chi connectivity index (χ1v) is 5.91. The molecule has 3 heteroatoms. The summed E-state index contributed by atoms with van der Waals surface area (Å²) in [6.45, 7) is 4.91. The summed E-state index contributed by atoms with van der Waals surface area (Å²) < 4.78 is 0. The molecule has 90 valence electrons. The lowest BCUT2D eigenvalue weighted by molar-refractivity contribution is 0.301. The van der Waals surface area contributed by atoms with Gasteiger partial charge in [-0.3, -0.25) is 0 Å². The van der Waals surface area contributed by atoms with Gasteiger partial charge in [-0.25, -0.2) is 0 Å². The van der Waals surface area contributed by atoms with Gasteiger partial charge in [-0.1, -0.05) is 25.1 Å². The number of hydrogen-bond acceptors (Lipinski definition) is 3. The number of para-hydroxylation sites is 1. The lowest BCUT2D eigenvalue weighted by Gasteiger charge is -2.26. The Morgan fingerprint density at radius 1 is 1.25 bits per heavy atom. The molecule has 0 heterocycles. The van der Waals surface area contributed by atoms with Crippen molar-refractivity contribution in [3.05, 3.63) is 29.8 Å². The molecule has 0 spiro atoms. The molecule has 0 atom stereocenters. The lowest BCUT2D eigenvalue weighted by atomic mass is 10.1. The number of benzene rings is 1. The Bertz CT molecular complexity index is 296. The van der Waals surface area contributed by atoms with Crippen LogP contribution >= 0.6 is 0 Å². The highest BCUT2D eigenvalue weighted by Gasteiger charge is 2.08. The van der Waals surface area contributed by atoms with Crippen molar-refractivity contribution >= 4 is 5.69 Å². The fraction of sp³-hybridized carbons (Fsp3) is 0.538. The molecule has 1 aromatic carbocycles. The highest BCUT2D eigenvalue weighted by molar-refractivity contribution is 5.53. The van der Waals surface area contributed by atoms with Crippen LogP contribution in [-0.4, -0.2) is 31.9 Å². The number of hydrogen-bond donors (Lipinski definition) is 2. The fourth-order valence-electron chi connectivity index (χ4n) is 1.90. The molecule has 0 saturated carbocycles. The van der Waals surface area contributed by atoms with Gasteiger partial charge in [0.1, 0.15) is 0 Å². The molecule has 0 radical (unpaired) electrons. The quantitative estimate of drug-likeness (QED) is 0.736. The summed E-state index contributed by atoms with van der Waals surface area (Å²) in [5.74, 6) is 0. The van der Waals surface area contributed by atoms with Crippen LogP contribution in [0.2, 0.25) is 0 Å². The normalized spacial score (nSPS) is 10.4. The van der Waals surface area contributed by atoms with Gasteiger partial charge in [0.25, 0.3) is 0 Å². The predicted octanol–water partition coefficient (Wildman–Crippen LogP) is 1.61. The van der Waals surface area contributed by atoms with Crippen molar-refractivity contribution in [1.82, 2.24) is 5.32 Å². The van der Waals surface area contributed by atoms with E-state index in [0.29, 0.717) is 6.54 Å². The first-order valence-electron chi connectivity index (χ1n) is 5.91. The number of nitrogens with one attached hydrogen (secondary N) is 1. The molecule has 1 rings (SSSR count). The molecule has 0 amide bonds. The molecule has 2 N–H and O–H groups in total. The maximum atomic E-state index is 9.09. The van der Waals surface area contributed by atoms with Crippen LogP contribution in [0.4, 0.5) is 5.69 Å². The first-order chi connectivity index (χ1) is 7.83. The Hall–Kier alpha value is -1.06. The highest BCUT2D eigenvalue weighted by Crippen LogP contribution is 2.20. The van der Waals surface area contributed by atoms with Gasteiger partial charge in [0.05, 0.1) is 6.61 Å². The Balaban J connectivity index is 2.87. The number of aliphatic hydroxyl groups is 1. The average molecular weight is 222 g/mol. The van der Waals surface area contributed by atoms with Crippen LogP contribution in [0, 0.1) is 0 Å². The third-order valence-electron chi connectivity index (χ3n) is 2.56. The number of nitrogens with zero attached hydrogens (tertiary/aromatic N) is 1. The zero-order valence-corrected chi connectivity index (χ0v) is 10.2. The Morgan fingerprint density at radius 2 is 2.00 bits per heavy atom. The number of anilines is 1. The minimum absolute atomic E-state index is 0.202. The van der Waals surface area contributed by atoms with E-state index in [9.17, 15) is 0 Å². The van der Waals surface area contributed by atoms with Crippen molar-refractivity contribution in [3.8, 4) is 0 Å². The van der Waals surface area contributed by atoms with Crippen LogP contribution in [0.1, 0.15) is 18.9 Å². The maximum Gasteiger partial charge on any atom is 0.0606 e. The molecule has 0 bridgehead atoms. The van der Waals surface area contributed by atoms with Crippen LogP contribution in [0.25, 0.3) is 0 Å². The second-order valence-electron chi connectivity index (χ2n) is 3.87. The Morgan fingerprint density at radius 3 is 2.62 bits per heavy atom. The van der Waals surface area contributed by atoms with E-state index in [1.807, 2.05) is 7.05 Å². The van der Waals surface area contributed by atoms with Crippen molar-refractivity contribution in [2.24, 2.45) is 0 Å². The summed E-state index contributed by atoms with van der Waals surface area (Å²) in [5.41, 5.74) is 2.51. The second-order valence-corrected chi connectivity index (χ2v) is 3.87. The maximum absolute atomic E-state index is 9.09. The SMILES string of the molecule is CCCN(CCO)c1ccccc1CNC. The molecule has 0 fully saturated rings. The van der Waals surface area contributed by atoms with Gasteiger partial charge in [-0.2, -0.15) is 0 Å². The van der Waals surface area contributed by atoms with E-state index in [2.05, 4.69) is 41.4 Å². The van der Waals surface area contributed by atoms with Crippen molar-refractivity contribution in [2.45, 2.75) is 19.9 Å². The third kappa shape index (κ3) is 3.51. The summed E-state index contributed by atoms with van der Waals surface area (Å²) in [7, 11) is 1.95. The molecular formula is C13H22N2O. The molecule has 0 aliphatic carbocycles. The van der Waals surface area contributed by atoms with Crippen molar-refractivity contribution in [2.75, 3.05) is 31.6 Å². The smallest absolute Gasteiger partial charge is 0.0606 e. The van der Waals surface area contributed by atoms with Gasteiger partial charge in [0, 0.05) is 25.3 Å². The molecule has 3 nitrogen and oxygen atoms in total.